The molecule has 0 aliphatic carbocycles. The molecule has 166 valence electrons. The first-order valence-corrected chi connectivity index (χ1v) is 9.98. The van der Waals surface area contributed by atoms with Gasteiger partial charge >= 0.3 is 5.97 Å². The van der Waals surface area contributed by atoms with Crippen LogP contribution in [0.1, 0.15) is 21.5 Å². The molecule has 33 heavy (non-hydrogen) atoms. The van der Waals surface area contributed by atoms with Crippen LogP contribution in [0.25, 0.3) is 6.08 Å². The molecule has 0 fully saturated rings. The number of carbonyl (C=O) groups is 2. The van der Waals surface area contributed by atoms with E-state index in [9.17, 15) is 9.59 Å². The number of nitrogens with one attached hydrogen (secondary N) is 1. The van der Waals surface area contributed by atoms with E-state index in [1.807, 2.05) is 24.3 Å². The lowest BCUT2D eigenvalue weighted by atomic mass is 10.2. The number of carbonyl (C=O) groups excluding carboxylic acids is 2. The standard InChI is InChI=1S/C25H20N2O6/c1-30-20-8-2-17(3-9-20)6-13-24(28)33-21-10-4-18(5-11-21)15-26-27-25(29)19-7-12-22-23(14-19)32-16-31-22/h2-15H,16H2,1H3,(H,27,29)/b13-6+,26-15+. The molecule has 1 N–H and O–H groups in total. The van der Waals surface area contributed by atoms with Gasteiger partial charge in [0.1, 0.15) is 11.5 Å². The fourth-order valence-corrected chi connectivity index (χ4v) is 2.92. The molecule has 0 saturated carbocycles. The number of nitrogens with zero attached hydrogens (tertiary/aromatic N) is 1. The Kier molecular flexibility index (Phi) is 6.65. The minimum Gasteiger partial charge on any atom is -0.497 e. The van der Waals surface area contributed by atoms with Gasteiger partial charge < -0.3 is 18.9 Å². The maximum absolute atomic E-state index is 12.2. The first-order chi connectivity index (χ1) is 16.1. The Balaban J connectivity index is 1.27. The first kappa shape index (κ1) is 21.6. The average Bonchev–Trinajstić information content (AvgIpc) is 3.32. The molecular formula is C25H20N2O6. The van der Waals surface area contributed by atoms with Crippen LogP contribution in [-0.2, 0) is 4.79 Å². The van der Waals surface area contributed by atoms with Crippen LogP contribution in [0.2, 0.25) is 0 Å². The van der Waals surface area contributed by atoms with E-state index < -0.39 is 5.97 Å². The zero-order chi connectivity index (χ0) is 23.0. The average molecular weight is 444 g/mol. The van der Waals surface area contributed by atoms with Gasteiger partial charge in [-0.2, -0.15) is 5.10 Å². The third-order valence-corrected chi connectivity index (χ3v) is 4.64. The van der Waals surface area contributed by atoms with Crippen molar-refractivity contribution in [1.82, 2.24) is 5.43 Å². The van der Waals surface area contributed by atoms with Crippen LogP contribution in [-0.4, -0.2) is 32.0 Å². The van der Waals surface area contributed by atoms with Crippen LogP contribution in [0, 0.1) is 0 Å². The topological polar surface area (TPSA) is 95.5 Å². The summed E-state index contributed by atoms with van der Waals surface area (Å²) in [6.07, 6.45) is 4.49. The van der Waals surface area contributed by atoms with Crippen LogP contribution in [0.3, 0.4) is 0 Å². The Hall–Kier alpha value is -4.59. The van der Waals surface area contributed by atoms with Gasteiger partial charge in [-0.15, -0.1) is 0 Å². The number of esters is 1. The minimum absolute atomic E-state index is 0.142. The second-order valence-corrected chi connectivity index (χ2v) is 6.86. The Labute approximate surface area is 190 Å². The molecule has 0 spiro atoms. The van der Waals surface area contributed by atoms with Gasteiger partial charge in [-0.1, -0.05) is 12.1 Å². The van der Waals surface area contributed by atoms with Crippen LogP contribution in [0.15, 0.2) is 77.9 Å². The number of hydrogen-bond acceptors (Lipinski definition) is 7. The van der Waals surface area contributed by atoms with Crippen molar-refractivity contribution in [2.24, 2.45) is 5.10 Å². The molecule has 8 nitrogen and oxygen atoms in total. The van der Waals surface area contributed by atoms with Crippen molar-refractivity contribution in [2.45, 2.75) is 0 Å². The lowest BCUT2D eigenvalue weighted by Crippen LogP contribution is -2.17. The van der Waals surface area contributed by atoms with Gasteiger partial charge in [-0.05, 0) is 71.8 Å². The van der Waals surface area contributed by atoms with Crippen molar-refractivity contribution >= 4 is 24.2 Å². The van der Waals surface area contributed by atoms with E-state index in [2.05, 4.69) is 10.5 Å². The number of hydrazone groups is 1. The summed E-state index contributed by atoms with van der Waals surface area (Å²) in [7, 11) is 1.59. The van der Waals surface area contributed by atoms with E-state index in [-0.39, 0.29) is 12.7 Å². The van der Waals surface area contributed by atoms with E-state index in [1.165, 1.54) is 12.3 Å². The molecule has 0 saturated heterocycles. The molecular weight excluding hydrogens is 424 g/mol. The molecule has 1 heterocycles. The van der Waals surface area contributed by atoms with Crippen LogP contribution in [0.4, 0.5) is 0 Å². The molecule has 3 aromatic carbocycles. The highest BCUT2D eigenvalue weighted by atomic mass is 16.7. The molecule has 0 unspecified atom stereocenters. The van der Waals surface area contributed by atoms with Crippen LogP contribution < -0.4 is 24.4 Å². The summed E-state index contributed by atoms with van der Waals surface area (Å²) in [6.45, 7) is 0.142. The molecule has 8 heteroatoms. The monoisotopic (exact) mass is 444 g/mol. The smallest absolute Gasteiger partial charge is 0.336 e. The lowest BCUT2D eigenvalue weighted by molar-refractivity contribution is -0.128. The Morgan fingerprint density at radius 2 is 1.61 bits per heavy atom. The van der Waals surface area contributed by atoms with Crippen molar-refractivity contribution in [3.05, 3.63) is 89.5 Å². The third kappa shape index (κ3) is 5.76. The van der Waals surface area contributed by atoms with Gasteiger partial charge in [0.05, 0.1) is 13.3 Å². The number of fused-ring (bicyclic) bond motifs is 1. The molecule has 1 aliphatic rings. The van der Waals surface area contributed by atoms with E-state index in [1.54, 1.807) is 55.7 Å². The number of methoxy groups -OCH3 is 1. The summed E-state index contributed by atoms with van der Waals surface area (Å²) in [4.78, 5) is 24.2. The molecule has 4 rings (SSSR count). The number of rotatable bonds is 7. The van der Waals surface area contributed by atoms with E-state index in [0.717, 1.165) is 16.9 Å². The highest BCUT2D eigenvalue weighted by Gasteiger charge is 2.15. The number of amides is 1. The number of benzene rings is 3. The van der Waals surface area contributed by atoms with Gasteiger partial charge in [-0.25, -0.2) is 10.2 Å². The fourth-order valence-electron chi connectivity index (χ4n) is 2.92. The SMILES string of the molecule is COc1ccc(/C=C/C(=O)Oc2ccc(/C=N/NC(=O)c3ccc4c(c3)OCO4)cc2)cc1. The first-order valence-electron chi connectivity index (χ1n) is 9.98. The quantitative estimate of drug-likeness (QED) is 0.196. The van der Waals surface area contributed by atoms with Gasteiger partial charge in [0.25, 0.3) is 5.91 Å². The van der Waals surface area contributed by atoms with Crippen molar-refractivity contribution in [1.29, 1.82) is 0 Å². The number of hydrogen-bond donors (Lipinski definition) is 1. The van der Waals surface area contributed by atoms with E-state index in [4.69, 9.17) is 18.9 Å². The maximum Gasteiger partial charge on any atom is 0.336 e. The van der Waals surface area contributed by atoms with Gasteiger partial charge in [0.15, 0.2) is 11.5 Å². The summed E-state index contributed by atoms with van der Waals surface area (Å²) in [5.41, 5.74) is 4.43. The fraction of sp³-hybridized carbons (Fsp3) is 0.0800. The predicted octanol–water partition coefficient (Wildman–Crippen LogP) is 3.81. The van der Waals surface area contributed by atoms with Crippen LogP contribution >= 0.6 is 0 Å². The van der Waals surface area contributed by atoms with Crippen molar-refractivity contribution in [3.63, 3.8) is 0 Å². The Morgan fingerprint density at radius 1 is 0.909 bits per heavy atom. The molecule has 1 aliphatic heterocycles. The molecule has 3 aromatic rings. The van der Waals surface area contributed by atoms with E-state index in [0.29, 0.717) is 22.8 Å². The molecule has 0 bridgehead atoms. The zero-order valence-corrected chi connectivity index (χ0v) is 17.7. The minimum atomic E-state index is -0.497. The van der Waals surface area contributed by atoms with Gasteiger partial charge in [0.2, 0.25) is 6.79 Å². The maximum atomic E-state index is 12.2. The summed E-state index contributed by atoms with van der Waals surface area (Å²) in [6, 6.07) is 18.9. The van der Waals surface area contributed by atoms with Crippen molar-refractivity contribution < 1.29 is 28.5 Å². The van der Waals surface area contributed by atoms with Crippen LogP contribution in [0.5, 0.6) is 23.0 Å². The summed E-state index contributed by atoms with van der Waals surface area (Å²) < 4.78 is 20.9. The normalized spacial score (nSPS) is 12.2. The number of ether oxygens (including phenoxy) is 4. The Morgan fingerprint density at radius 3 is 2.36 bits per heavy atom. The van der Waals surface area contributed by atoms with E-state index >= 15 is 0 Å². The predicted molar refractivity (Wildman–Crippen MR) is 122 cm³/mol. The second kappa shape index (κ2) is 10.1. The molecule has 0 atom stereocenters. The highest BCUT2D eigenvalue weighted by Crippen LogP contribution is 2.32. The third-order valence-electron chi connectivity index (χ3n) is 4.64. The summed E-state index contributed by atoms with van der Waals surface area (Å²) in [5, 5.41) is 3.95. The Bertz CT molecular complexity index is 1200. The second-order valence-electron chi connectivity index (χ2n) is 6.86. The molecule has 0 radical (unpaired) electrons. The lowest BCUT2D eigenvalue weighted by Gasteiger charge is -2.03. The van der Waals surface area contributed by atoms with Crippen molar-refractivity contribution in [2.75, 3.05) is 13.9 Å². The van der Waals surface area contributed by atoms with Gasteiger partial charge in [-0.3, -0.25) is 4.79 Å². The highest BCUT2D eigenvalue weighted by molar-refractivity contribution is 5.95. The zero-order valence-electron chi connectivity index (χ0n) is 17.7. The van der Waals surface area contributed by atoms with Gasteiger partial charge in [0, 0.05) is 11.6 Å². The summed E-state index contributed by atoms with van der Waals surface area (Å²) in [5.74, 6) is 1.39. The summed E-state index contributed by atoms with van der Waals surface area (Å²) >= 11 is 0. The van der Waals surface area contributed by atoms with Crippen molar-refractivity contribution in [3.8, 4) is 23.0 Å². The molecule has 1 amide bonds. The largest absolute Gasteiger partial charge is 0.497 e. The molecule has 0 aromatic heterocycles.